The molecule has 0 spiro atoms. The predicted octanol–water partition coefficient (Wildman–Crippen LogP) is 2.70. The van der Waals surface area contributed by atoms with E-state index in [4.69, 9.17) is 13.9 Å². The number of amides is 1. The number of carbonyl (C=O) groups is 2. The molecule has 3 aromatic rings. The summed E-state index contributed by atoms with van der Waals surface area (Å²) in [6.07, 6.45) is 1.42. The van der Waals surface area contributed by atoms with Crippen LogP contribution in [-0.2, 0) is 25.5 Å². The number of benzene rings is 2. The molecule has 0 aliphatic carbocycles. The molecule has 1 aromatic heterocycles. The van der Waals surface area contributed by atoms with Crippen molar-refractivity contribution in [2.45, 2.75) is 6.42 Å². The summed E-state index contributed by atoms with van der Waals surface area (Å²) in [7, 11) is 0. The molecule has 0 radical (unpaired) electrons. The normalized spacial score (nSPS) is 13.9. The van der Waals surface area contributed by atoms with Crippen molar-refractivity contribution in [2.75, 3.05) is 43.1 Å². The highest BCUT2D eigenvalue weighted by atomic mass is 16.5. The Kier molecular flexibility index (Phi) is 5.85. The highest BCUT2D eigenvalue weighted by Crippen LogP contribution is 2.25. The molecule has 4 rings (SSSR count). The van der Waals surface area contributed by atoms with E-state index < -0.39 is 11.9 Å². The molecule has 0 unspecified atom stereocenters. The molecule has 2 heterocycles. The van der Waals surface area contributed by atoms with Crippen LogP contribution in [0.15, 0.2) is 53.1 Å². The molecule has 1 saturated heterocycles. The minimum atomic E-state index is -0.538. The number of nitrogens with zero attached hydrogens (tertiary/aromatic N) is 1. The van der Waals surface area contributed by atoms with Gasteiger partial charge in [-0.1, -0.05) is 0 Å². The van der Waals surface area contributed by atoms with Crippen LogP contribution >= 0.6 is 0 Å². The minimum Gasteiger partial charge on any atom is -0.508 e. The Morgan fingerprint density at radius 3 is 2.63 bits per heavy atom. The van der Waals surface area contributed by atoms with Gasteiger partial charge >= 0.3 is 5.97 Å². The lowest BCUT2D eigenvalue weighted by atomic mass is 10.1. The van der Waals surface area contributed by atoms with Gasteiger partial charge in [-0.05, 0) is 36.4 Å². The van der Waals surface area contributed by atoms with Gasteiger partial charge < -0.3 is 29.2 Å². The quantitative estimate of drug-likeness (QED) is 0.603. The molecule has 1 aliphatic heterocycles. The number of morpholine rings is 1. The molecule has 1 fully saturated rings. The summed E-state index contributed by atoms with van der Waals surface area (Å²) in [6.45, 7) is 2.73. The number of furan rings is 1. The van der Waals surface area contributed by atoms with Crippen LogP contribution in [0.25, 0.3) is 11.0 Å². The lowest BCUT2D eigenvalue weighted by Gasteiger charge is -2.28. The maximum absolute atomic E-state index is 12.1. The molecular weight excluding hydrogens is 388 g/mol. The summed E-state index contributed by atoms with van der Waals surface area (Å²) in [6, 6.07) is 12.2. The second kappa shape index (κ2) is 8.87. The van der Waals surface area contributed by atoms with Crippen LogP contribution < -0.4 is 10.2 Å². The van der Waals surface area contributed by atoms with Crippen LogP contribution in [0.1, 0.15) is 5.56 Å². The molecule has 2 N–H and O–H groups in total. The Labute approximate surface area is 173 Å². The number of rotatable bonds is 6. The molecule has 8 nitrogen and oxygen atoms in total. The van der Waals surface area contributed by atoms with Crippen molar-refractivity contribution in [3.63, 3.8) is 0 Å². The molecule has 2 aromatic carbocycles. The minimum absolute atomic E-state index is 0.0285. The van der Waals surface area contributed by atoms with Crippen molar-refractivity contribution in [3.05, 3.63) is 54.3 Å². The van der Waals surface area contributed by atoms with Gasteiger partial charge in [-0.2, -0.15) is 0 Å². The van der Waals surface area contributed by atoms with Gasteiger partial charge in [-0.15, -0.1) is 0 Å². The van der Waals surface area contributed by atoms with Crippen molar-refractivity contribution >= 4 is 34.2 Å². The van der Waals surface area contributed by atoms with E-state index in [0.29, 0.717) is 30.0 Å². The highest BCUT2D eigenvalue weighted by molar-refractivity contribution is 5.93. The third-order valence-electron chi connectivity index (χ3n) is 4.87. The number of hydrogen-bond acceptors (Lipinski definition) is 7. The second-order valence-corrected chi connectivity index (χ2v) is 6.97. The second-order valence-electron chi connectivity index (χ2n) is 6.97. The van der Waals surface area contributed by atoms with E-state index in [9.17, 15) is 14.7 Å². The first-order valence-corrected chi connectivity index (χ1v) is 9.66. The number of phenols is 1. The number of nitrogens with one attached hydrogen (secondary N) is 1. The lowest BCUT2D eigenvalue weighted by Crippen LogP contribution is -2.36. The van der Waals surface area contributed by atoms with Crippen molar-refractivity contribution in [1.82, 2.24) is 0 Å². The Morgan fingerprint density at radius 2 is 1.87 bits per heavy atom. The summed E-state index contributed by atoms with van der Waals surface area (Å²) in [5.41, 5.74) is 2.82. The maximum atomic E-state index is 12.1. The number of anilines is 2. The van der Waals surface area contributed by atoms with Crippen LogP contribution in [0.4, 0.5) is 11.4 Å². The first-order valence-electron chi connectivity index (χ1n) is 9.66. The van der Waals surface area contributed by atoms with Crippen molar-refractivity contribution in [1.29, 1.82) is 0 Å². The molecule has 0 atom stereocenters. The third-order valence-corrected chi connectivity index (χ3v) is 4.87. The zero-order chi connectivity index (χ0) is 20.9. The molecule has 156 valence electrons. The van der Waals surface area contributed by atoms with Crippen molar-refractivity contribution in [2.24, 2.45) is 0 Å². The number of carbonyl (C=O) groups excluding carboxylic acids is 2. The fourth-order valence-corrected chi connectivity index (χ4v) is 3.34. The number of ether oxygens (including phenoxy) is 2. The van der Waals surface area contributed by atoms with Gasteiger partial charge in [0.1, 0.15) is 11.3 Å². The van der Waals surface area contributed by atoms with Gasteiger partial charge in [-0.25, -0.2) is 0 Å². The van der Waals surface area contributed by atoms with Gasteiger partial charge in [-0.3, -0.25) is 9.59 Å². The highest BCUT2D eigenvalue weighted by Gasteiger charge is 2.14. The van der Waals surface area contributed by atoms with Crippen molar-refractivity contribution in [3.8, 4) is 5.75 Å². The standard InChI is InChI=1S/C22H22N2O6/c25-18-5-6-19-15(13-29-20(19)12-18)11-22(27)30-14-21(26)23-16-1-3-17(4-2-16)24-7-9-28-10-8-24/h1-6,12-13,25H,7-11,14H2,(H,23,26). The van der Waals surface area contributed by atoms with Crippen molar-refractivity contribution < 1.29 is 28.6 Å². The lowest BCUT2D eigenvalue weighted by molar-refractivity contribution is -0.146. The Balaban J connectivity index is 1.26. The summed E-state index contributed by atoms with van der Waals surface area (Å²) in [4.78, 5) is 26.4. The Bertz CT molecular complexity index is 1040. The fraction of sp³-hybridized carbons (Fsp3) is 0.273. The van der Waals surface area contributed by atoms with Crippen LogP contribution in [-0.4, -0.2) is 49.9 Å². The molecule has 30 heavy (non-hydrogen) atoms. The van der Waals surface area contributed by atoms with E-state index in [-0.39, 0.29) is 18.8 Å². The number of aromatic hydroxyl groups is 1. The van der Waals surface area contributed by atoms with E-state index in [2.05, 4.69) is 10.2 Å². The number of esters is 1. The number of fused-ring (bicyclic) bond motifs is 1. The Morgan fingerprint density at radius 1 is 1.10 bits per heavy atom. The molecule has 1 amide bonds. The molecular formula is C22H22N2O6. The molecule has 1 aliphatic rings. The monoisotopic (exact) mass is 410 g/mol. The van der Waals surface area contributed by atoms with Gasteiger partial charge in [0, 0.05) is 41.5 Å². The number of hydrogen-bond donors (Lipinski definition) is 2. The maximum Gasteiger partial charge on any atom is 0.310 e. The number of phenolic OH excluding ortho intramolecular Hbond substituents is 1. The first-order chi connectivity index (χ1) is 14.6. The summed E-state index contributed by atoms with van der Waals surface area (Å²) < 4.78 is 15.8. The smallest absolute Gasteiger partial charge is 0.310 e. The molecule has 0 saturated carbocycles. The van der Waals surface area contributed by atoms with E-state index in [0.717, 1.165) is 24.2 Å². The third kappa shape index (κ3) is 4.72. The average molecular weight is 410 g/mol. The summed E-state index contributed by atoms with van der Waals surface area (Å²) >= 11 is 0. The van der Waals surface area contributed by atoms with Gasteiger partial charge in [0.25, 0.3) is 5.91 Å². The van der Waals surface area contributed by atoms with E-state index in [1.54, 1.807) is 6.07 Å². The molecule has 8 heteroatoms. The van der Waals surface area contributed by atoms with E-state index in [1.165, 1.54) is 18.4 Å². The first kappa shape index (κ1) is 19.8. The predicted molar refractivity (Wildman–Crippen MR) is 111 cm³/mol. The zero-order valence-corrected chi connectivity index (χ0v) is 16.3. The van der Waals surface area contributed by atoms with E-state index in [1.807, 2.05) is 24.3 Å². The van der Waals surface area contributed by atoms with Gasteiger partial charge in [0.05, 0.1) is 25.9 Å². The zero-order valence-electron chi connectivity index (χ0n) is 16.3. The van der Waals surface area contributed by atoms with Crippen LogP contribution in [0.5, 0.6) is 5.75 Å². The molecule has 0 bridgehead atoms. The van der Waals surface area contributed by atoms with Crippen LogP contribution in [0, 0.1) is 0 Å². The van der Waals surface area contributed by atoms with Gasteiger partial charge in [0.15, 0.2) is 6.61 Å². The largest absolute Gasteiger partial charge is 0.508 e. The fourth-order valence-electron chi connectivity index (χ4n) is 3.34. The topological polar surface area (TPSA) is 101 Å². The summed E-state index contributed by atoms with van der Waals surface area (Å²) in [5.74, 6) is -0.867. The van der Waals surface area contributed by atoms with E-state index >= 15 is 0 Å². The van der Waals surface area contributed by atoms with Gasteiger partial charge in [0.2, 0.25) is 0 Å². The average Bonchev–Trinajstić information content (AvgIpc) is 3.15. The summed E-state index contributed by atoms with van der Waals surface area (Å²) in [5, 5.41) is 12.9. The SMILES string of the molecule is O=C(COC(=O)Cc1coc2cc(O)ccc12)Nc1ccc(N2CCOCC2)cc1. The van der Waals surface area contributed by atoms with Crippen LogP contribution in [0.3, 0.4) is 0 Å². The Hall–Kier alpha value is -3.52. The van der Waals surface area contributed by atoms with Crippen LogP contribution in [0.2, 0.25) is 0 Å².